The number of nitrogens with zero attached hydrogens (tertiary/aromatic N) is 1. The number of aliphatic imine (C=N–C) groups is 1. The minimum absolute atomic E-state index is 0.139. The number of carbonyl (C=O) groups is 1. The van der Waals surface area contributed by atoms with Crippen LogP contribution in [0.25, 0.3) is 0 Å². The van der Waals surface area contributed by atoms with Gasteiger partial charge in [-0.15, -0.1) is 0 Å². The van der Waals surface area contributed by atoms with Crippen molar-refractivity contribution in [3.63, 3.8) is 0 Å². The summed E-state index contributed by atoms with van der Waals surface area (Å²) in [6.45, 7) is 0.644. The highest BCUT2D eigenvalue weighted by molar-refractivity contribution is 5.67. The first kappa shape index (κ1) is 20.5. The smallest absolute Gasteiger partial charge is 0.303 e. The van der Waals surface area contributed by atoms with E-state index < -0.39 is 5.97 Å². The summed E-state index contributed by atoms with van der Waals surface area (Å²) in [5.41, 5.74) is 6.21. The number of carboxylic acid groups (broad SMARTS) is 1. The second kappa shape index (κ2) is 9.82. The quantitative estimate of drug-likeness (QED) is 0.227. The number of nitrogens with two attached hydrogens (primary N) is 1. The third-order valence-corrected chi connectivity index (χ3v) is 4.97. The lowest BCUT2D eigenvalue weighted by Gasteiger charge is -2.36. The average Bonchev–Trinajstić information content (AvgIpc) is 2.76. The maximum atomic E-state index is 11.0. The molecular formula is C23H26N4O2. The Bertz CT molecular complexity index is 921. The van der Waals surface area contributed by atoms with E-state index >= 15 is 0 Å². The standard InChI is InChI=1S/C23H26N4O2/c24-27-17-25-21-10-4-6-19(14-21)16-26-23(20-8-2-1-3-9-20)13-5-7-18(15-23)11-12-22(28)29/h1-10,13-14,17,26H,11-12,15-16,24H2,(H,25,27)(H,28,29). The fourth-order valence-corrected chi connectivity index (χ4v) is 3.54. The van der Waals surface area contributed by atoms with E-state index in [0.717, 1.165) is 28.8 Å². The summed E-state index contributed by atoms with van der Waals surface area (Å²) in [7, 11) is 0. The van der Waals surface area contributed by atoms with E-state index in [4.69, 9.17) is 10.9 Å². The topological polar surface area (TPSA) is 99.7 Å². The van der Waals surface area contributed by atoms with Gasteiger partial charge in [-0.25, -0.2) is 10.8 Å². The Balaban J connectivity index is 1.81. The molecule has 1 unspecified atom stereocenters. The molecule has 6 nitrogen and oxygen atoms in total. The first-order valence-electron chi connectivity index (χ1n) is 9.58. The Morgan fingerprint density at radius 3 is 2.79 bits per heavy atom. The van der Waals surface area contributed by atoms with Gasteiger partial charge in [-0.1, -0.05) is 66.3 Å². The number of rotatable bonds is 9. The highest BCUT2D eigenvalue weighted by Gasteiger charge is 2.31. The van der Waals surface area contributed by atoms with Gasteiger partial charge in [0, 0.05) is 13.0 Å². The van der Waals surface area contributed by atoms with Gasteiger partial charge in [-0.3, -0.25) is 10.1 Å². The summed E-state index contributed by atoms with van der Waals surface area (Å²) in [6.07, 6.45) is 9.07. The van der Waals surface area contributed by atoms with Gasteiger partial charge < -0.3 is 10.5 Å². The molecule has 0 heterocycles. The zero-order chi connectivity index (χ0) is 20.5. The van der Waals surface area contributed by atoms with Crippen LogP contribution in [0.15, 0.2) is 83.4 Å². The molecule has 1 aliphatic carbocycles. The Kier molecular flexibility index (Phi) is 6.94. The largest absolute Gasteiger partial charge is 0.481 e. The molecule has 2 aromatic carbocycles. The van der Waals surface area contributed by atoms with Gasteiger partial charge in [-0.05, 0) is 36.1 Å². The molecule has 6 heteroatoms. The van der Waals surface area contributed by atoms with Gasteiger partial charge in [-0.2, -0.15) is 0 Å². The van der Waals surface area contributed by atoms with E-state index in [0.29, 0.717) is 13.0 Å². The number of hydrogen-bond acceptors (Lipinski definition) is 4. The Hall–Kier alpha value is -3.22. The molecule has 0 bridgehead atoms. The van der Waals surface area contributed by atoms with Crippen LogP contribution < -0.4 is 16.6 Å². The number of hydrogen-bond donors (Lipinski definition) is 4. The van der Waals surface area contributed by atoms with Crippen molar-refractivity contribution < 1.29 is 9.90 Å². The number of allylic oxidation sites excluding steroid dienone is 2. The van der Waals surface area contributed by atoms with E-state index in [1.165, 1.54) is 6.34 Å². The van der Waals surface area contributed by atoms with Crippen molar-refractivity contribution in [2.24, 2.45) is 10.8 Å². The van der Waals surface area contributed by atoms with Crippen LogP contribution in [-0.2, 0) is 16.9 Å². The average molecular weight is 390 g/mol. The molecule has 1 atom stereocenters. The molecule has 0 radical (unpaired) electrons. The van der Waals surface area contributed by atoms with Crippen LogP contribution >= 0.6 is 0 Å². The molecule has 0 spiro atoms. The first-order valence-corrected chi connectivity index (χ1v) is 9.58. The molecule has 0 saturated heterocycles. The summed E-state index contributed by atoms with van der Waals surface area (Å²) >= 11 is 0. The Morgan fingerprint density at radius 1 is 1.21 bits per heavy atom. The van der Waals surface area contributed by atoms with Crippen LogP contribution in [-0.4, -0.2) is 17.4 Å². The lowest BCUT2D eigenvalue weighted by atomic mass is 9.79. The van der Waals surface area contributed by atoms with Crippen LogP contribution in [0.4, 0.5) is 5.69 Å². The predicted octanol–water partition coefficient (Wildman–Crippen LogP) is 3.55. The maximum absolute atomic E-state index is 11.0. The van der Waals surface area contributed by atoms with Crippen LogP contribution in [0.2, 0.25) is 0 Å². The summed E-state index contributed by atoms with van der Waals surface area (Å²) in [5.74, 6) is 4.47. The third-order valence-electron chi connectivity index (χ3n) is 4.97. The minimum atomic E-state index is -0.775. The van der Waals surface area contributed by atoms with Crippen molar-refractivity contribution in [3.05, 3.63) is 89.5 Å². The van der Waals surface area contributed by atoms with Crippen LogP contribution in [0.1, 0.15) is 30.4 Å². The highest BCUT2D eigenvalue weighted by Crippen LogP contribution is 2.35. The lowest BCUT2D eigenvalue weighted by molar-refractivity contribution is -0.136. The van der Waals surface area contributed by atoms with Crippen molar-refractivity contribution >= 4 is 18.0 Å². The lowest BCUT2D eigenvalue weighted by Crippen LogP contribution is -2.41. The fourth-order valence-electron chi connectivity index (χ4n) is 3.54. The predicted molar refractivity (Wildman–Crippen MR) is 116 cm³/mol. The SMILES string of the molecule is NNC=Nc1cccc(CNC2(c3ccccc3)C=CC=C(CCC(=O)O)C2)c1. The molecule has 5 N–H and O–H groups in total. The highest BCUT2D eigenvalue weighted by atomic mass is 16.4. The molecule has 0 aromatic heterocycles. The van der Waals surface area contributed by atoms with Crippen molar-refractivity contribution in [1.82, 2.24) is 10.7 Å². The van der Waals surface area contributed by atoms with Crippen LogP contribution in [0.3, 0.4) is 0 Å². The Labute approximate surface area is 170 Å². The number of aliphatic carboxylic acids is 1. The third kappa shape index (κ3) is 5.63. The molecule has 1 aliphatic rings. The summed E-state index contributed by atoms with van der Waals surface area (Å²) in [4.78, 5) is 15.2. The summed E-state index contributed by atoms with van der Waals surface area (Å²) in [5, 5.41) is 12.7. The van der Waals surface area contributed by atoms with E-state index in [9.17, 15) is 4.79 Å². The molecule has 0 aliphatic heterocycles. The number of hydrazine groups is 1. The van der Waals surface area contributed by atoms with Crippen LogP contribution in [0, 0.1) is 0 Å². The van der Waals surface area contributed by atoms with Gasteiger partial charge >= 0.3 is 5.97 Å². The fraction of sp³-hybridized carbons (Fsp3) is 0.217. The first-order chi connectivity index (χ1) is 14.1. The van der Waals surface area contributed by atoms with Gasteiger partial charge in [0.15, 0.2) is 0 Å². The molecule has 0 saturated carbocycles. The second-order valence-corrected chi connectivity index (χ2v) is 7.04. The molecule has 2 aromatic rings. The number of carboxylic acids is 1. The maximum Gasteiger partial charge on any atom is 0.303 e. The van der Waals surface area contributed by atoms with E-state index in [2.05, 4.69) is 33.9 Å². The van der Waals surface area contributed by atoms with Gasteiger partial charge in [0.25, 0.3) is 0 Å². The zero-order valence-electron chi connectivity index (χ0n) is 16.2. The molecule has 3 rings (SSSR count). The van der Waals surface area contributed by atoms with Crippen LogP contribution in [0.5, 0.6) is 0 Å². The van der Waals surface area contributed by atoms with Crippen molar-refractivity contribution in [1.29, 1.82) is 0 Å². The zero-order valence-corrected chi connectivity index (χ0v) is 16.2. The molecule has 29 heavy (non-hydrogen) atoms. The molecule has 150 valence electrons. The minimum Gasteiger partial charge on any atom is -0.481 e. The van der Waals surface area contributed by atoms with E-state index in [1.807, 2.05) is 54.6 Å². The van der Waals surface area contributed by atoms with Gasteiger partial charge in [0.2, 0.25) is 0 Å². The summed E-state index contributed by atoms with van der Waals surface area (Å²) < 4.78 is 0. The molecular weight excluding hydrogens is 364 g/mol. The van der Waals surface area contributed by atoms with E-state index in [1.54, 1.807) is 0 Å². The van der Waals surface area contributed by atoms with Crippen molar-refractivity contribution in [2.45, 2.75) is 31.3 Å². The van der Waals surface area contributed by atoms with Crippen molar-refractivity contribution in [2.75, 3.05) is 0 Å². The normalized spacial score (nSPS) is 18.6. The number of benzene rings is 2. The Morgan fingerprint density at radius 2 is 2.03 bits per heavy atom. The number of nitrogens with one attached hydrogen (secondary N) is 2. The van der Waals surface area contributed by atoms with Gasteiger partial charge in [0.05, 0.1) is 11.2 Å². The van der Waals surface area contributed by atoms with Crippen molar-refractivity contribution in [3.8, 4) is 0 Å². The monoisotopic (exact) mass is 390 g/mol. The van der Waals surface area contributed by atoms with E-state index in [-0.39, 0.29) is 12.0 Å². The molecule has 0 fully saturated rings. The molecule has 0 amide bonds. The van der Waals surface area contributed by atoms with Gasteiger partial charge in [0.1, 0.15) is 6.34 Å². The second-order valence-electron chi connectivity index (χ2n) is 7.04. The summed E-state index contributed by atoms with van der Waals surface area (Å²) in [6, 6.07) is 18.2.